The molecular formula is C105H205N5O8S2. The van der Waals surface area contributed by atoms with Crippen LogP contribution in [0.5, 0.6) is 0 Å². The van der Waals surface area contributed by atoms with Crippen LogP contribution in [0.15, 0.2) is 24.3 Å². The van der Waals surface area contributed by atoms with E-state index in [4.69, 9.17) is 14.2 Å². The molecule has 2 unspecified atom stereocenters. The highest BCUT2D eigenvalue weighted by Crippen LogP contribution is 2.41. The van der Waals surface area contributed by atoms with Crippen molar-refractivity contribution < 1.29 is 37.0 Å². The number of piperidine rings is 5. The molecule has 11 rings (SSSR count). The third-order valence-electron chi connectivity index (χ3n) is 27.7. The van der Waals surface area contributed by atoms with E-state index in [1.807, 2.05) is 54.8 Å². The smallest absolute Gasteiger partial charge is 0.219 e. The van der Waals surface area contributed by atoms with Crippen molar-refractivity contribution in [3.63, 3.8) is 0 Å². The first-order valence-electron chi connectivity index (χ1n) is 48.6. The largest absolute Gasteiger partial charge is 0.381 e. The van der Waals surface area contributed by atoms with Gasteiger partial charge in [0.05, 0.1) is 24.7 Å². The predicted molar refractivity (Wildman–Crippen MR) is 526 cm³/mol. The molecule has 10 aliphatic heterocycles. The fourth-order valence-electron chi connectivity index (χ4n) is 17.1. The third-order valence-corrected chi connectivity index (χ3v) is 30.5. The van der Waals surface area contributed by atoms with Crippen molar-refractivity contribution in [3.8, 4) is 0 Å². The number of benzene rings is 1. The molecule has 0 aromatic heterocycles. The van der Waals surface area contributed by atoms with E-state index in [-0.39, 0.29) is 28.4 Å². The zero-order chi connectivity index (χ0) is 92.7. The molecule has 13 nitrogen and oxygen atoms in total. The number of ketones is 1. The molecule has 0 bridgehead atoms. The van der Waals surface area contributed by atoms with Gasteiger partial charge in [-0.15, -0.1) is 0 Å². The van der Waals surface area contributed by atoms with E-state index in [2.05, 4.69) is 256 Å². The summed E-state index contributed by atoms with van der Waals surface area (Å²) >= 11 is 2.11. The summed E-state index contributed by atoms with van der Waals surface area (Å²) in [7, 11) is 1.78. The minimum Gasteiger partial charge on any atom is -0.381 e. The van der Waals surface area contributed by atoms with Gasteiger partial charge in [0.15, 0.2) is 5.78 Å². The number of amides is 2. The van der Waals surface area contributed by atoms with E-state index >= 15 is 0 Å². The number of carbonyl (C=O) groups excluding carboxylic acids is 3. The monoisotopic (exact) mass is 1730 g/mol. The van der Waals surface area contributed by atoms with E-state index in [1.54, 1.807) is 13.8 Å². The van der Waals surface area contributed by atoms with E-state index in [1.165, 1.54) is 153 Å². The van der Waals surface area contributed by atoms with E-state index in [9.17, 15) is 22.8 Å². The maximum absolute atomic E-state index is 11.4. The number of ether oxygens (including phenoxy) is 3. The highest BCUT2D eigenvalue weighted by atomic mass is 32.2. The van der Waals surface area contributed by atoms with Crippen LogP contribution in [-0.2, 0) is 39.1 Å². The number of nitrogens with zero attached hydrogens (tertiary/aromatic N) is 4. The summed E-state index contributed by atoms with van der Waals surface area (Å²) in [5, 5.41) is 3.39. The van der Waals surface area contributed by atoms with Crippen LogP contribution in [-0.4, -0.2) is 188 Å². The quantitative estimate of drug-likeness (QED) is 0.282. The number of thioether (sulfide) groups is 1. The minimum atomic E-state index is -2.68. The fraction of sp³-hybridized carbons (Fsp3) is 0.914. The van der Waals surface area contributed by atoms with Gasteiger partial charge in [-0.25, -0.2) is 8.42 Å². The molecule has 10 saturated heterocycles. The second-order valence-corrected chi connectivity index (χ2v) is 51.6. The molecule has 0 saturated carbocycles. The van der Waals surface area contributed by atoms with Crippen molar-refractivity contribution >= 4 is 39.2 Å². The standard InChI is InChI=1S/C13H18O.2C11H21NO.2C10H21N.C9H19N.C9H18O2S.C9H18O.C9H18S.C7H14O.C5H10O.C2H6/c1-5-12(14)10-6-8-11(9-7-10)13(2,3)4;1-9(13)12-7-5-10(6-8-12)11(2,3)4;1-9(13)12-7-5-6-10(8-12)11(2,3)4;1-10(2,3)9-5-7-11(4)8-6-9;1-10(2,3)9-6-5-7-11(4)8-9;1-9(2,3)8-4-6-10-7-5-8;1-9(2,3)8-4-6-12(10,11)7-5-8;2*1-9(2,3)8-4-6-10-7-5-8;1-7(2,3)6-4-8-5-6;1-5-2-3-6-4-5;1-2/h6-9H,5H2,1-4H3;2*10H,5-8H2,1-4H3;2*9H,5-8H2,1-4H3;8,10H,4-7H2,1-3H3;8H,4-7H2,1-3H3;2*8H,4-7H2,1-3H3;6H,4-5H2,1-3H3;5H,2-4H2,1H3;1-2H3/t;;;;;;;;;;5-;/m..........0./s1. The van der Waals surface area contributed by atoms with Crippen LogP contribution in [0.1, 0.15) is 381 Å². The molecule has 0 radical (unpaired) electrons. The van der Waals surface area contributed by atoms with Crippen molar-refractivity contribution in [1.29, 1.82) is 0 Å². The first-order valence-corrected chi connectivity index (χ1v) is 51.6. The van der Waals surface area contributed by atoms with Gasteiger partial charge < -0.3 is 39.1 Å². The Bertz CT molecular complexity index is 2850. The molecule has 15 heteroatoms. The molecule has 0 aliphatic carbocycles. The summed E-state index contributed by atoms with van der Waals surface area (Å²) in [6.07, 6.45) is 22.0. The van der Waals surface area contributed by atoms with Gasteiger partial charge in [-0.1, -0.05) is 260 Å². The molecule has 1 N–H and O–H groups in total. The highest BCUT2D eigenvalue weighted by Gasteiger charge is 2.36. The van der Waals surface area contributed by atoms with Crippen LogP contribution < -0.4 is 5.32 Å². The number of likely N-dealkylation sites (tertiary alicyclic amines) is 4. The van der Waals surface area contributed by atoms with E-state index < -0.39 is 9.84 Å². The van der Waals surface area contributed by atoms with Crippen molar-refractivity contribution in [3.05, 3.63) is 35.4 Å². The number of sulfone groups is 1. The SMILES string of the molecule is CC.CC(=O)N1CCC(C(C)(C)C)CC1.CC(=O)N1CCCC(C(C)(C)C)C1.CC(C)(C)C1CCNCC1.CC(C)(C)C1CCOCC1.CC(C)(C)C1CCS(=O)(=O)CC1.CC(C)(C)C1CCSCC1.CC(C)(C)C1COC1.CCC(=O)c1ccc(C(C)(C)C)cc1.CN1CCC(C(C)(C)C)CC1.CN1CCCC(C(C)(C)C)C1.C[C@H]1CCOC1. The fourth-order valence-corrected chi connectivity index (χ4v) is 19.7. The lowest BCUT2D eigenvalue weighted by Crippen LogP contribution is -2.42. The zero-order valence-corrected chi connectivity index (χ0v) is 88.5. The Morgan fingerprint density at radius 3 is 1.04 bits per heavy atom. The Hall–Kier alpha value is -2.11. The first-order chi connectivity index (χ1) is 54.9. The Kier molecular flexibility index (Phi) is 54.7. The lowest BCUT2D eigenvalue weighted by Gasteiger charge is -2.39. The van der Waals surface area contributed by atoms with Gasteiger partial charge in [-0.3, -0.25) is 14.4 Å². The average Bonchev–Trinajstić information content (AvgIpc) is 0.896. The molecule has 10 heterocycles. The lowest BCUT2D eigenvalue weighted by molar-refractivity contribution is -0.132. The van der Waals surface area contributed by atoms with Gasteiger partial charge in [0.25, 0.3) is 0 Å². The second-order valence-electron chi connectivity index (χ2n) is 48.1. The van der Waals surface area contributed by atoms with Crippen molar-refractivity contribution in [1.82, 2.24) is 24.9 Å². The van der Waals surface area contributed by atoms with E-state index in [0.717, 1.165) is 132 Å². The van der Waals surface area contributed by atoms with Crippen LogP contribution in [0.3, 0.4) is 0 Å². The van der Waals surface area contributed by atoms with Gasteiger partial charge >= 0.3 is 0 Å². The Morgan fingerprint density at radius 1 is 0.392 bits per heavy atom. The third kappa shape index (κ3) is 52.4. The minimum absolute atomic E-state index is 0.161. The number of nitrogens with one attached hydrogen (secondary N) is 1. The van der Waals surface area contributed by atoms with Crippen LogP contribution in [0.2, 0.25) is 0 Å². The summed E-state index contributed by atoms with van der Waals surface area (Å²) < 4.78 is 37.7. The van der Waals surface area contributed by atoms with Crippen molar-refractivity contribution in [2.75, 3.05) is 142 Å². The molecule has 3 atom stereocenters. The molecule has 10 aliphatic rings. The van der Waals surface area contributed by atoms with Crippen LogP contribution in [0.4, 0.5) is 0 Å². The summed E-state index contributed by atoms with van der Waals surface area (Å²) in [6.45, 7) is 97.6. The molecular weight excluding hydrogens is 1520 g/mol. The molecule has 1 aromatic rings. The van der Waals surface area contributed by atoms with Crippen LogP contribution in [0.25, 0.3) is 0 Å². The molecule has 10 fully saturated rings. The van der Waals surface area contributed by atoms with Crippen LogP contribution in [0, 0.1) is 108 Å². The van der Waals surface area contributed by atoms with E-state index in [0.29, 0.717) is 73.1 Å². The summed E-state index contributed by atoms with van der Waals surface area (Å²) in [5.74, 6) is 12.6. The highest BCUT2D eigenvalue weighted by molar-refractivity contribution is 7.99. The molecule has 2 amide bonds. The predicted octanol–water partition coefficient (Wildman–Crippen LogP) is 26.2. The van der Waals surface area contributed by atoms with Crippen molar-refractivity contribution in [2.45, 2.75) is 370 Å². The topological polar surface area (TPSA) is 138 Å². The Balaban J connectivity index is 0.00000130. The number of rotatable bonds is 2. The second kappa shape index (κ2) is 55.7. The Morgan fingerprint density at radius 2 is 0.750 bits per heavy atom. The lowest BCUT2D eigenvalue weighted by atomic mass is 9.75. The average molecular weight is 1730 g/mol. The maximum atomic E-state index is 11.4. The number of hydrogen-bond donors (Lipinski definition) is 1. The summed E-state index contributed by atoms with van der Waals surface area (Å²) in [6, 6.07) is 7.94. The molecule has 0 spiro atoms. The molecule has 120 heavy (non-hydrogen) atoms. The summed E-state index contributed by atoms with van der Waals surface area (Å²) in [5.41, 5.74) is 6.35. The van der Waals surface area contributed by atoms with Gasteiger partial charge in [-0.05, 0) is 280 Å². The van der Waals surface area contributed by atoms with Gasteiger partial charge in [0.1, 0.15) is 9.84 Å². The summed E-state index contributed by atoms with van der Waals surface area (Å²) in [4.78, 5) is 42.5. The maximum Gasteiger partial charge on any atom is 0.219 e. The van der Waals surface area contributed by atoms with Gasteiger partial charge in [0.2, 0.25) is 11.8 Å². The van der Waals surface area contributed by atoms with Gasteiger partial charge in [0, 0.05) is 90.9 Å². The van der Waals surface area contributed by atoms with Crippen molar-refractivity contribution in [2.24, 2.45) is 108 Å². The normalized spacial score (nSPS) is 22.7. The molecule has 710 valence electrons. The molecule has 1 aromatic carbocycles. The number of hydrogen-bond acceptors (Lipinski definition) is 12. The zero-order valence-electron chi connectivity index (χ0n) is 86.8. The Labute approximate surface area is 752 Å². The first kappa shape index (κ1) is 118. The van der Waals surface area contributed by atoms with Gasteiger partial charge in [-0.2, -0.15) is 11.8 Å². The number of carbonyl (C=O) groups is 3. The van der Waals surface area contributed by atoms with Crippen LogP contribution >= 0.6 is 11.8 Å². The number of Topliss-reactive ketones (excluding diaryl/α,β-unsaturated/α-hetero) is 1.